The highest BCUT2D eigenvalue weighted by Crippen LogP contribution is 2.20. The monoisotopic (exact) mass is 448 g/mol. The molecule has 0 aliphatic heterocycles. The van der Waals surface area contributed by atoms with E-state index in [0.29, 0.717) is 17.8 Å². The van der Waals surface area contributed by atoms with Crippen molar-refractivity contribution in [1.29, 1.82) is 0 Å². The zero-order chi connectivity index (χ0) is 23.6. The lowest BCUT2D eigenvalue weighted by atomic mass is 10.2. The lowest BCUT2D eigenvalue weighted by molar-refractivity contribution is -0.134. The van der Waals surface area contributed by atoms with Gasteiger partial charge >= 0.3 is 11.6 Å². The van der Waals surface area contributed by atoms with E-state index in [-0.39, 0.29) is 5.97 Å². The summed E-state index contributed by atoms with van der Waals surface area (Å²) >= 11 is 0. The molecular formula is C29H36O4. The first kappa shape index (κ1) is 26.1. The van der Waals surface area contributed by atoms with Crippen molar-refractivity contribution in [3.05, 3.63) is 89.4 Å². The van der Waals surface area contributed by atoms with Crippen LogP contribution in [0.2, 0.25) is 0 Å². The lowest BCUT2D eigenvalue weighted by Gasteiger charge is -2.04. The Morgan fingerprint density at radius 1 is 0.818 bits per heavy atom. The number of allylic oxidation sites excluding steroid dienone is 8. The van der Waals surface area contributed by atoms with Crippen LogP contribution >= 0.6 is 0 Å². The molecule has 4 heteroatoms. The van der Waals surface area contributed by atoms with Crippen LogP contribution in [0, 0.1) is 0 Å². The molecule has 0 saturated heterocycles. The van der Waals surface area contributed by atoms with Gasteiger partial charge in [-0.15, -0.1) is 0 Å². The van der Waals surface area contributed by atoms with Crippen LogP contribution < -0.4 is 10.4 Å². The molecule has 0 aliphatic rings. The summed E-state index contributed by atoms with van der Waals surface area (Å²) in [6, 6.07) is 8.08. The lowest BCUT2D eigenvalue weighted by Crippen LogP contribution is -2.07. The number of benzene rings is 1. The van der Waals surface area contributed by atoms with Crippen molar-refractivity contribution in [3.8, 4) is 5.75 Å². The van der Waals surface area contributed by atoms with Crippen molar-refractivity contribution >= 4 is 16.9 Å². The highest BCUT2D eigenvalue weighted by atomic mass is 16.5. The Morgan fingerprint density at radius 2 is 1.42 bits per heavy atom. The summed E-state index contributed by atoms with van der Waals surface area (Å²) in [5.74, 6) is 0.100. The number of esters is 1. The molecule has 0 fully saturated rings. The average molecular weight is 449 g/mol. The maximum Gasteiger partial charge on any atom is 0.336 e. The van der Waals surface area contributed by atoms with Crippen molar-refractivity contribution in [2.24, 2.45) is 0 Å². The van der Waals surface area contributed by atoms with E-state index in [4.69, 9.17) is 9.15 Å². The van der Waals surface area contributed by atoms with E-state index < -0.39 is 5.63 Å². The smallest absolute Gasteiger partial charge is 0.336 e. The van der Waals surface area contributed by atoms with Crippen molar-refractivity contribution < 1.29 is 13.9 Å². The molecule has 0 bridgehead atoms. The Morgan fingerprint density at radius 3 is 2.09 bits per heavy atom. The predicted molar refractivity (Wildman–Crippen MR) is 137 cm³/mol. The minimum atomic E-state index is -0.426. The second-order valence-corrected chi connectivity index (χ2v) is 7.91. The number of unbranched alkanes of at least 4 members (excludes halogenated alkanes) is 4. The molecule has 0 atom stereocenters. The predicted octanol–water partition coefficient (Wildman–Crippen LogP) is 7.84. The Hall–Kier alpha value is -3.14. The zero-order valence-corrected chi connectivity index (χ0v) is 19.7. The fraction of sp³-hybridized carbons (Fsp3) is 0.379. The molecule has 176 valence electrons. The molecule has 1 aromatic carbocycles. The quantitative estimate of drug-likeness (QED) is 0.0915. The molecule has 0 unspecified atom stereocenters. The third-order valence-electron chi connectivity index (χ3n) is 5.04. The Kier molecular flexibility index (Phi) is 13.0. The average Bonchev–Trinajstić information content (AvgIpc) is 2.81. The largest absolute Gasteiger partial charge is 0.426 e. The first-order valence-electron chi connectivity index (χ1n) is 12.0. The normalized spacial score (nSPS) is 12.2. The first-order chi connectivity index (χ1) is 16.2. The van der Waals surface area contributed by atoms with Gasteiger partial charge in [0.15, 0.2) is 0 Å². The van der Waals surface area contributed by atoms with Gasteiger partial charge in [0.2, 0.25) is 0 Å². The molecule has 2 aromatic rings. The van der Waals surface area contributed by atoms with E-state index in [2.05, 4.69) is 55.5 Å². The Balaban J connectivity index is 1.52. The van der Waals surface area contributed by atoms with E-state index in [0.717, 1.165) is 37.5 Å². The van der Waals surface area contributed by atoms with E-state index in [9.17, 15) is 9.59 Å². The summed E-state index contributed by atoms with van der Waals surface area (Å²) in [4.78, 5) is 23.3. The third kappa shape index (κ3) is 11.9. The molecule has 4 nitrogen and oxygen atoms in total. The van der Waals surface area contributed by atoms with Crippen LogP contribution in [0.1, 0.15) is 71.1 Å². The van der Waals surface area contributed by atoms with Crippen LogP contribution in [0.4, 0.5) is 0 Å². The van der Waals surface area contributed by atoms with Crippen molar-refractivity contribution in [3.63, 3.8) is 0 Å². The Bertz CT molecular complexity index is 1010. The number of carbonyl (C=O) groups is 1. The summed E-state index contributed by atoms with van der Waals surface area (Å²) in [6.45, 7) is 2.23. The van der Waals surface area contributed by atoms with Gasteiger partial charge in [0.25, 0.3) is 0 Å². The van der Waals surface area contributed by atoms with Gasteiger partial charge in [-0.05, 0) is 63.1 Å². The van der Waals surface area contributed by atoms with Gasteiger partial charge in [-0.1, -0.05) is 68.4 Å². The van der Waals surface area contributed by atoms with Gasteiger partial charge in [-0.25, -0.2) is 4.79 Å². The summed E-state index contributed by atoms with van der Waals surface area (Å²) in [5, 5.41) is 0.787. The summed E-state index contributed by atoms with van der Waals surface area (Å²) in [6.07, 6.45) is 27.4. The zero-order valence-electron chi connectivity index (χ0n) is 19.7. The highest BCUT2D eigenvalue weighted by Gasteiger charge is 2.06. The van der Waals surface area contributed by atoms with Crippen molar-refractivity contribution in [1.82, 2.24) is 0 Å². The van der Waals surface area contributed by atoms with Crippen LogP contribution in [-0.4, -0.2) is 5.97 Å². The summed E-state index contributed by atoms with van der Waals surface area (Å²) in [7, 11) is 0. The fourth-order valence-electron chi connectivity index (χ4n) is 3.21. The van der Waals surface area contributed by atoms with E-state index >= 15 is 0 Å². The van der Waals surface area contributed by atoms with Gasteiger partial charge in [0.1, 0.15) is 11.3 Å². The number of carbonyl (C=O) groups excluding carboxylic acids is 1. The topological polar surface area (TPSA) is 56.5 Å². The van der Waals surface area contributed by atoms with E-state index in [1.165, 1.54) is 31.7 Å². The van der Waals surface area contributed by atoms with Gasteiger partial charge in [-0.3, -0.25) is 4.79 Å². The van der Waals surface area contributed by atoms with E-state index in [1.807, 2.05) is 0 Å². The van der Waals surface area contributed by atoms with Crippen LogP contribution in [0.25, 0.3) is 11.0 Å². The molecule has 0 aliphatic carbocycles. The van der Waals surface area contributed by atoms with Crippen LogP contribution in [-0.2, 0) is 4.79 Å². The molecular weight excluding hydrogens is 412 g/mol. The fourth-order valence-corrected chi connectivity index (χ4v) is 3.21. The molecule has 1 aromatic heterocycles. The molecule has 33 heavy (non-hydrogen) atoms. The standard InChI is InChI=1S/C29H36O4/c1-2-3-4-5-6-7-8-9-10-11-12-13-14-15-16-17-18-19-28(30)32-26-22-20-25-21-23-29(31)33-27(25)24-26/h6-7,9-10,12-13,15-16,20-24H,2-5,8,11,14,17-19H2,1H3/b7-6+,10-9-,13-12+,16-15+. The molecule has 1 heterocycles. The number of hydrogen-bond donors (Lipinski definition) is 0. The molecule has 0 amide bonds. The van der Waals surface area contributed by atoms with Crippen LogP contribution in [0.15, 0.2) is 88.2 Å². The van der Waals surface area contributed by atoms with Crippen molar-refractivity contribution in [2.75, 3.05) is 0 Å². The number of fused-ring (bicyclic) bond motifs is 1. The maximum atomic E-state index is 12.0. The molecule has 0 spiro atoms. The van der Waals surface area contributed by atoms with Gasteiger partial charge in [-0.2, -0.15) is 0 Å². The second-order valence-electron chi connectivity index (χ2n) is 7.91. The molecule has 0 radical (unpaired) electrons. The van der Waals surface area contributed by atoms with Crippen molar-refractivity contribution in [2.45, 2.75) is 71.1 Å². The minimum absolute atomic E-state index is 0.288. The highest BCUT2D eigenvalue weighted by molar-refractivity contribution is 5.79. The first-order valence-corrected chi connectivity index (χ1v) is 12.0. The number of ether oxygens (including phenoxy) is 1. The van der Waals surface area contributed by atoms with Gasteiger partial charge in [0.05, 0.1) is 0 Å². The van der Waals surface area contributed by atoms with E-state index in [1.54, 1.807) is 24.3 Å². The maximum absolute atomic E-state index is 12.0. The third-order valence-corrected chi connectivity index (χ3v) is 5.04. The number of rotatable bonds is 15. The van der Waals surface area contributed by atoms with Gasteiger partial charge in [0, 0.05) is 23.9 Å². The van der Waals surface area contributed by atoms with Crippen LogP contribution in [0.3, 0.4) is 0 Å². The minimum Gasteiger partial charge on any atom is -0.426 e. The van der Waals surface area contributed by atoms with Crippen LogP contribution in [0.5, 0.6) is 5.75 Å². The number of hydrogen-bond acceptors (Lipinski definition) is 4. The summed E-state index contributed by atoms with van der Waals surface area (Å²) in [5.41, 5.74) is -0.0149. The molecule has 0 saturated carbocycles. The SMILES string of the molecule is CCCCC/C=C/C/C=C\C/C=C/C/C=C/CCCC(=O)Oc1ccc2ccc(=O)oc2c1. The molecule has 0 N–H and O–H groups in total. The van der Waals surface area contributed by atoms with Gasteiger partial charge < -0.3 is 9.15 Å². The molecule has 2 rings (SSSR count). The summed E-state index contributed by atoms with van der Waals surface area (Å²) < 4.78 is 10.5. The second kappa shape index (κ2) is 16.5. The Labute approximate surface area is 197 Å².